The van der Waals surface area contributed by atoms with Gasteiger partial charge in [0.25, 0.3) is 5.91 Å². The second-order valence-corrected chi connectivity index (χ2v) is 8.44. The molecule has 0 aliphatic rings. The molecule has 0 aliphatic carbocycles. The molecule has 0 saturated carbocycles. The van der Waals surface area contributed by atoms with Crippen LogP contribution >= 0.6 is 0 Å². The monoisotopic (exact) mass is 457 g/mol. The average molecular weight is 458 g/mol. The Labute approximate surface area is 200 Å². The minimum atomic E-state index is -0.147. The van der Waals surface area contributed by atoms with Gasteiger partial charge < -0.3 is 19.4 Å². The second-order valence-electron chi connectivity index (χ2n) is 8.44. The maximum Gasteiger partial charge on any atom is 0.257 e. The Kier molecular flexibility index (Phi) is 7.48. The molecule has 0 fully saturated rings. The fraction of sp³-hybridized carbons (Fsp3) is 0.286. The van der Waals surface area contributed by atoms with E-state index in [4.69, 9.17) is 14.5 Å². The Morgan fingerprint density at radius 3 is 2.53 bits per heavy atom. The summed E-state index contributed by atoms with van der Waals surface area (Å²) in [5.74, 6) is 2.41. The number of benzene rings is 3. The van der Waals surface area contributed by atoms with Crippen LogP contribution in [0.25, 0.3) is 11.0 Å². The van der Waals surface area contributed by atoms with Crippen LogP contribution in [0.2, 0.25) is 0 Å². The van der Waals surface area contributed by atoms with E-state index < -0.39 is 0 Å². The lowest BCUT2D eigenvalue weighted by molar-refractivity contribution is -0.123. The van der Waals surface area contributed by atoms with E-state index in [2.05, 4.69) is 16.0 Å². The van der Waals surface area contributed by atoms with Crippen molar-refractivity contribution in [1.29, 1.82) is 0 Å². The van der Waals surface area contributed by atoms with Crippen LogP contribution in [0.15, 0.2) is 66.7 Å². The third-order valence-electron chi connectivity index (χ3n) is 5.77. The third kappa shape index (κ3) is 5.76. The Balaban J connectivity index is 1.34. The first-order valence-corrected chi connectivity index (χ1v) is 11.6. The maximum atomic E-state index is 12.3. The van der Waals surface area contributed by atoms with Crippen LogP contribution in [0.5, 0.6) is 11.5 Å². The molecule has 1 amide bonds. The summed E-state index contributed by atoms with van der Waals surface area (Å²) >= 11 is 0. The molecule has 4 rings (SSSR count). The molecule has 0 radical (unpaired) electrons. The third-order valence-corrected chi connectivity index (χ3v) is 5.77. The van der Waals surface area contributed by atoms with Gasteiger partial charge in [0.15, 0.2) is 6.61 Å². The summed E-state index contributed by atoms with van der Waals surface area (Å²) in [5, 5.41) is 2.95. The van der Waals surface area contributed by atoms with Crippen LogP contribution in [-0.2, 0) is 17.8 Å². The van der Waals surface area contributed by atoms with Gasteiger partial charge in [0.2, 0.25) is 0 Å². The number of nitrogens with one attached hydrogen (secondary N) is 1. The Bertz CT molecular complexity index is 1280. The predicted molar refractivity (Wildman–Crippen MR) is 135 cm³/mol. The van der Waals surface area contributed by atoms with Gasteiger partial charge in [-0.1, -0.05) is 42.5 Å². The number of carbonyl (C=O) groups excluding carboxylic acids is 1. The van der Waals surface area contributed by atoms with Crippen molar-refractivity contribution in [3.8, 4) is 11.5 Å². The summed E-state index contributed by atoms with van der Waals surface area (Å²) < 4.78 is 13.9. The number of amides is 1. The molecule has 34 heavy (non-hydrogen) atoms. The fourth-order valence-electron chi connectivity index (χ4n) is 3.90. The van der Waals surface area contributed by atoms with Crippen molar-refractivity contribution in [2.75, 3.05) is 19.8 Å². The quantitative estimate of drug-likeness (QED) is 0.372. The highest BCUT2D eigenvalue weighted by Crippen LogP contribution is 2.20. The largest absolute Gasteiger partial charge is 0.491 e. The average Bonchev–Trinajstić information content (AvgIpc) is 3.18. The van der Waals surface area contributed by atoms with E-state index in [1.807, 2.05) is 81.4 Å². The molecule has 4 aromatic rings. The van der Waals surface area contributed by atoms with Crippen molar-refractivity contribution in [1.82, 2.24) is 14.9 Å². The van der Waals surface area contributed by atoms with Gasteiger partial charge in [0, 0.05) is 13.0 Å². The van der Waals surface area contributed by atoms with Gasteiger partial charge in [-0.25, -0.2) is 4.98 Å². The van der Waals surface area contributed by atoms with Crippen LogP contribution in [0.1, 0.15) is 22.5 Å². The number of rotatable bonds is 10. The first-order chi connectivity index (χ1) is 16.5. The van der Waals surface area contributed by atoms with Gasteiger partial charge in [-0.2, -0.15) is 0 Å². The van der Waals surface area contributed by atoms with Gasteiger partial charge >= 0.3 is 0 Å². The van der Waals surface area contributed by atoms with E-state index in [1.54, 1.807) is 0 Å². The molecule has 0 atom stereocenters. The number of aryl methyl sites for hydroxylation is 3. The van der Waals surface area contributed by atoms with E-state index >= 15 is 0 Å². The first kappa shape index (κ1) is 23.4. The highest BCUT2D eigenvalue weighted by molar-refractivity contribution is 5.78. The van der Waals surface area contributed by atoms with Crippen LogP contribution in [0.3, 0.4) is 0 Å². The molecule has 1 N–H and O–H groups in total. The molecule has 0 saturated heterocycles. The number of ether oxygens (including phenoxy) is 2. The molecule has 0 spiro atoms. The number of hydrogen-bond acceptors (Lipinski definition) is 4. The molecule has 1 aromatic heterocycles. The molecule has 6 heteroatoms. The topological polar surface area (TPSA) is 65.4 Å². The van der Waals surface area contributed by atoms with Gasteiger partial charge in [-0.05, 0) is 61.7 Å². The number of carbonyl (C=O) groups is 1. The molecule has 1 heterocycles. The van der Waals surface area contributed by atoms with E-state index in [-0.39, 0.29) is 12.5 Å². The predicted octanol–water partition coefficient (Wildman–Crippen LogP) is 4.78. The van der Waals surface area contributed by atoms with E-state index in [0.717, 1.165) is 45.0 Å². The molecular weight excluding hydrogens is 426 g/mol. The van der Waals surface area contributed by atoms with Gasteiger partial charge in [0.05, 0.1) is 17.6 Å². The highest BCUT2D eigenvalue weighted by Gasteiger charge is 2.12. The van der Waals surface area contributed by atoms with Gasteiger partial charge in [0.1, 0.15) is 23.9 Å². The van der Waals surface area contributed by atoms with Crippen LogP contribution in [0, 0.1) is 20.8 Å². The molecule has 0 aliphatic heterocycles. The lowest BCUT2D eigenvalue weighted by atomic mass is 10.1. The zero-order valence-corrected chi connectivity index (χ0v) is 20.0. The van der Waals surface area contributed by atoms with Crippen molar-refractivity contribution in [3.63, 3.8) is 0 Å². The maximum absolute atomic E-state index is 12.3. The van der Waals surface area contributed by atoms with Gasteiger partial charge in [-0.3, -0.25) is 4.79 Å². The summed E-state index contributed by atoms with van der Waals surface area (Å²) in [6, 6.07) is 22.1. The number of nitrogens with zero attached hydrogens (tertiary/aromatic N) is 2. The number of para-hydroxylation sites is 3. The molecule has 6 nitrogen and oxygen atoms in total. The molecular formula is C28H31N3O3. The molecule has 3 aromatic carbocycles. The SMILES string of the molecule is Cc1ccc(C)c(OCC(=O)NCCc2nc3ccccc3n2CCOc2ccccc2C)c1. The second kappa shape index (κ2) is 10.9. The first-order valence-electron chi connectivity index (χ1n) is 11.6. The summed E-state index contributed by atoms with van der Waals surface area (Å²) in [6.07, 6.45) is 0.619. The molecule has 176 valence electrons. The van der Waals surface area contributed by atoms with Crippen molar-refractivity contribution in [2.45, 2.75) is 33.7 Å². The fourth-order valence-corrected chi connectivity index (χ4v) is 3.90. The van der Waals surface area contributed by atoms with Crippen LogP contribution in [-0.4, -0.2) is 35.2 Å². The molecule has 0 bridgehead atoms. The van der Waals surface area contributed by atoms with Gasteiger partial charge in [-0.15, -0.1) is 0 Å². The minimum Gasteiger partial charge on any atom is -0.491 e. The smallest absolute Gasteiger partial charge is 0.257 e. The van der Waals surface area contributed by atoms with Crippen molar-refractivity contribution in [2.24, 2.45) is 0 Å². The van der Waals surface area contributed by atoms with E-state index in [9.17, 15) is 4.79 Å². The van der Waals surface area contributed by atoms with Crippen LogP contribution < -0.4 is 14.8 Å². The summed E-state index contributed by atoms with van der Waals surface area (Å²) in [4.78, 5) is 17.1. The van der Waals surface area contributed by atoms with E-state index in [1.165, 1.54) is 0 Å². The zero-order chi connectivity index (χ0) is 23.9. The van der Waals surface area contributed by atoms with E-state index in [0.29, 0.717) is 26.1 Å². The Hall–Kier alpha value is -3.80. The zero-order valence-electron chi connectivity index (χ0n) is 20.0. The number of imidazole rings is 1. The lowest BCUT2D eigenvalue weighted by Gasteiger charge is -2.13. The number of aromatic nitrogens is 2. The summed E-state index contributed by atoms with van der Waals surface area (Å²) in [7, 11) is 0. The lowest BCUT2D eigenvalue weighted by Crippen LogP contribution is -2.31. The normalized spacial score (nSPS) is 10.9. The molecule has 0 unspecified atom stereocenters. The van der Waals surface area contributed by atoms with Crippen LogP contribution in [0.4, 0.5) is 0 Å². The Morgan fingerprint density at radius 2 is 1.68 bits per heavy atom. The number of hydrogen-bond donors (Lipinski definition) is 1. The van der Waals surface area contributed by atoms with Crippen molar-refractivity contribution in [3.05, 3.63) is 89.2 Å². The van der Waals surface area contributed by atoms with Crippen molar-refractivity contribution < 1.29 is 14.3 Å². The number of fused-ring (bicyclic) bond motifs is 1. The Morgan fingerprint density at radius 1 is 0.912 bits per heavy atom. The minimum absolute atomic E-state index is 0.00895. The summed E-state index contributed by atoms with van der Waals surface area (Å²) in [5.41, 5.74) is 5.24. The summed E-state index contributed by atoms with van der Waals surface area (Å²) in [6.45, 7) is 7.70. The highest BCUT2D eigenvalue weighted by atomic mass is 16.5. The standard InChI is InChI=1S/C28H31N3O3/c1-20-12-13-22(3)26(18-20)34-19-28(32)29-15-14-27-30-23-9-5-6-10-24(23)31(27)16-17-33-25-11-7-4-8-21(25)2/h4-13,18H,14-17,19H2,1-3H3,(H,29,32). The van der Waals surface area contributed by atoms with Crippen molar-refractivity contribution >= 4 is 16.9 Å².